The largest absolute Gasteiger partial charge is 0.475 e. The van der Waals surface area contributed by atoms with Crippen LogP contribution in [0.3, 0.4) is 0 Å². The number of carbonyl (C=O) groups excluding carboxylic acids is 1. The molecule has 1 aromatic carbocycles. The maximum atomic E-state index is 11.9. The van der Waals surface area contributed by atoms with Crippen molar-refractivity contribution in [2.75, 3.05) is 5.01 Å². The van der Waals surface area contributed by atoms with Gasteiger partial charge in [0.15, 0.2) is 0 Å². The van der Waals surface area contributed by atoms with Crippen LogP contribution in [0.1, 0.15) is 20.9 Å². The highest BCUT2D eigenvalue weighted by atomic mass is 16.4. The molecule has 0 saturated heterocycles. The number of aromatic carboxylic acids is 1. The van der Waals surface area contributed by atoms with Crippen LogP contribution in [-0.4, -0.2) is 17.0 Å². The smallest absolute Gasteiger partial charge is 0.371 e. The summed E-state index contributed by atoms with van der Waals surface area (Å²) < 4.78 is 4.73. The Morgan fingerprint density at radius 2 is 1.89 bits per heavy atom. The summed E-state index contributed by atoms with van der Waals surface area (Å²) in [6.45, 7) is 0. The van der Waals surface area contributed by atoms with Gasteiger partial charge >= 0.3 is 5.97 Å². The van der Waals surface area contributed by atoms with Gasteiger partial charge in [-0.05, 0) is 12.1 Å². The highest BCUT2D eigenvalue weighted by molar-refractivity contribution is 6.06. The van der Waals surface area contributed by atoms with E-state index in [1.54, 1.807) is 30.3 Å². The SMILES string of the molecule is NN(C(=O)c1coc(C(=O)O)c1)c1ccccc1. The lowest BCUT2D eigenvalue weighted by Crippen LogP contribution is -2.37. The van der Waals surface area contributed by atoms with Gasteiger partial charge in [0.2, 0.25) is 5.76 Å². The molecule has 2 rings (SSSR count). The van der Waals surface area contributed by atoms with Gasteiger partial charge in [0.05, 0.1) is 11.3 Å². The van der Waals surface area contributed by atoms with E-state index in [0.717, 1.165) is 17.3 Å². The van der Waals surface area contributed by atoms with Crippen molar-refractivity contribution in [2.45, 2.75) is 0 Å². The molecule has 1 heterocycles. The maximum Gasteiger partial charge on any atom is 0.371 e. The standard InChI is InChI=1S/C12H10N2O4/c13-14(9-4-2-1-3-5-9)11(15)8-6-10(12(16)17)18-7-8/h1-7H,13H2,(H,16,17). The molecule has 18 heavy (non-hydrogen) atoms. The van der Waals surface area contributed by atoms with Crippen LogP contribution in [0.5, 0.6) is 0 Å². The highest BCUT2D eigenvalue weighted by Gasteiger charge is 2.18. The van der Waals surface area contributed by atoms with E-state index >= 15 is 0 Å². The summed E-state index contributed by atoms with van der Waals surface area (Å²) in [6, 6.07) is 9.73. The summed E-state index contributed by atoms with van der Waals surface area (Å²) in [5.74, 6) is 3.56. The topological polar surface area (TPSA) is 96.8 Å². The number of para-hydroxylation sites is 1. The number of nitrogens with two attached hydrogens (primary N) is 1. The highest BCUT2D eigenvalue weighted by Crippen LogP contribution is 2.15. The molecule has 0 aliphatic heterocycles. The zero-order valence-electron chi connectivity index (χ0n) is 9.24. The van der Waals surface area contributed by atoms with Crippen molar-refractivity contribution in [1.82, 2.24) is 0 Å². The summed E-state index contributed by atoms with van der Waals surface area (Å²) in [4.78, 5) is 22.6. The van der Waals surface area contributed by atoms with E-state index in [9.17, 15) is 9.59 Å². The number of benzene rings is 1. The number of hydrazine groups is 1. The van der Waals surface area contributed by atoms with Gasteiger partial charge in [-0.3, -0.25) is 4.79 Å². The van der Waals surface area contributed by atoms with Crippen LogP contribution in [0, 0.1) is 0 Å². The fraction of sp³-hybridized carbons (Fsp3) is 0. The van der Waals surface area contributed by atoms with Crippen molar-refractivity contribution in [1.29, 1.82) is 0 Å². The molecule has 0 bridgehead atoms. The van der Waals surface area contributed by atoms with E-state index in [4.69, 9.17) is 15.4 Å². The Hall–Kier alpha value is -2.60. The average Bonchev–Trinajstić information content (AvgIpc) is 2.88. The molecule has 0 saturated carbocycles. The third-order valence-electron chi connectivity index (χ3n) is 2.31. The van der Waals surface area contributed by atoms with Crippen molar-refractivity contribution in [3.05, 3.63) is 54.0 Å². The summed E-state index contributed by atoms with van der Waals surface area (Å²) in [5.41, 5.74) is 0.583. The van der Waals surface area contributed by atoms with Crippen molar-refractivity contribution in [3.63, 3.8) is 0 Å². The Labute approximate surface area is 102 Å². The molecule has 2 aromatic rings. The third-order valence-corrected chi connectivity index (χ3v) is 2.31. The minimum atomic E-state index is -1.24. The maximum absolute atomic E-state index is 11.9. The molecule has 1 aromatic heterocycles. The molecular weight excluding hydrogens is 236 g/mol. The van der Waals surface area contributed by atoms with E-state index in [1.807, 2.05) is 0 Å². The summed E-state index contributed by atoms with van der Waals surface area (Å²) in [6.07, 6.45) is 1.06. The summed E-state index contributed by atoms with van der Waals surface area (Å²) in [5, 5.41) is 9.61. The van der Waals surface area contributed by atoms with Gasteiger partial charge in [0.1, 0.15) is 6.26 Å². The second kappa shape index (κ2) is 4.72. The number of hydrogen-bond donors (Lipinski definition) is 2. The van der Waals surface area contributed by atoms with Crippen molar-refractivity contribution < 1.29 is 19.1 Å². The molecule has 0 radical (unpaired) electrons. The van der Waals surface area contributed by atoms with Crippen LogP contribution in [-0.2, 0) is 0 Å². The zero-order valence-corrected chi connectivity index (χ0v) is 9.24. The van der Waals surface area contributed by atoms with Crippen molar-refractivity contribution in [2.24, 2.45) is 5.84 Å². The lowest BCUT2D eigenvalue weighted by molar-refractivity contribution is 0.0662. The van der Waals surface area contributed by atoms with E-state index in [2.05, 4.69) is 0 Å². The number of nitrogens with zero attached hydrogens (tertiary/aromatic N) is 1. The molecule has 0 unspecified atom stereocenters. The predicted octanol–water partition coefficient (Wildman–Crippen LogP) is 1.50. The number of carbonyl (C=O) groups is 2. The van der Waals surface area contributed by atoms with Crippen LogP contribution < -0.4 is 10.9 Å². The number of rotatable bonds is 3. The molecule has 0 spiro atoms. The van der Waals surface area contributed by atoms with Gasteiger partial charge < -0.3 is 9.52 Å². The quantitative estimate of drug-likeness (QED) is 0.486. The second-order valence-electron chi connectivity index (χ2n) is 3.52. The van der Waals surface area contributed by atoms with Crippen LogP contribution in [0.25, 0.3) is 0 Å². The Balaban J connectivity index is 2.23. The Morgan fingerprint density at radius 1 is 1.22 bits per heavy atom. The third kappa shape index (κ3) is 2.23. The summed E-state index contributed by atoms with van der Waals surface area (Å²) in [7, 11) is 0. The fourth-order valence-electron chi connectivity index (χ4n) is 1.41. The van der Waals surface area contributed by atoms with Gasteiger partial charge in [-0.2, -0.15) is 0 Å². The van der Waals surface area contributed by atoms with Crippen LogP contribution in [0.2, 0.25) is 0 Å². The predicted molar refractivity (Wildman–Crippen MR) is 63.1 cm³/mol. The van der Waals surface area contributed by atoms with Gasteiger partial charge in [0, 0.05) is 6.07 Å². The van der Waals surface area contributed by atoms with E-state index < -0.39 is 11.9 Å². The average molecular weight is 246 g/mol. The lowest BCUT2D eigenvalue weighted by Gasteiger charge is -2.15. The first-order valence-electron chi connectivity index (χ1n) is 5.05. The normalized spacial score (nSPS) is 10.1. The Kier molecular flexibility index (Phi) is 3.11. The molecule has 3 N–H and O–H groups in total. The minimum absolute atomic E-state index is 0.0822. The van der Waals surface area contributed by atoms with Crippen LogP contribution >= 0.6 is 0 Å². The Morgan fingerprint density at radius 3 is 2.44 bits per heavy atom. The molecule has 6 nitrogen and oxygen atoms in total. The number of carboxylic acids is 1. The monoisotopic (exact) mass is 246 g/mol. The van der Waals surface area contributed by atoms with Gasteiger partial charge in [-0.1, -0.05) is 18.2 Å². The number of furan rings is 1. The molecule has 6 heteroatoms. The number of amides is 1. The molecule has 0 aliphatic rings. The molecule has 0 atom stereocenters. The molecular formula is C12H10N2O4. The fourth-order valence-corrected chi connectivity index (χ4v) is 1.41. The van der Waals surface area contributed by atoms with Crippen LogP contribution in [0.4, 0.5) is 5.69 Å². The van der Waals surface area contributed by atoms with E-state index in [-0.39, 0.29) is 11.3 Å². The van der Waals surface area contributed by atoms with Gasteiger partial charge in [-0.15, -0.1) is 0 Å². The lowest BCUT2D eigenvalue weighted by atomic mass is 10.2. The summed E-state index contributed by atoms with van der Waals surface area (Å²) >= 11 is 0. The minimum Gasteiger partial charge on any atom is -0.475 e. The number of carboxylic acid groups (broad SMARTS) is 1. The number of anilines is 1. The van der Waals surface area contributed by atoms with Crippen molar-refractivity contribution >= 4 is 17.6 Å². The van der Waals surface area contributed by atoms with E-state index in [1.165, 1.54) is 0 Å². The Bertz CT molecular complexity index is 577. The first-order chi connectivity index (χ1) is 8.59. The van der Waals surface area contributed by atoms with Gasteiger partial charge in [-0.25, -0.2) is 15.6 Å². The van der Waals surface area contributed by atoms with Gasteiger partial charge in [0.25, 0.3) is 5.91 Å². The first-order valence-corrected chi connectivity index (χ1v) is 5.05. The molecule has 1 amide bonds. The molecule has 0 fully saturated rings. The first kappa shape index (κ1) is 11.9. The molecule has 92 valence electrons. The molecule has 0 aliphatic carbocycles. The van der Waals surface area contributed by atoms with Crippen LogP contribution in [0.15, 0.2) is 47.1 Å². The van der Waals surface area contributed by atoms with E-state index in [0.29, 0.717) is 5.69 Å². The van der Waals surface area contributed by atoms with Crippen molar-refractivity contribution in [3.8, 4) is 0 Å². The zero-order chi connectivity index (χ0) is 13.1. The number of hydrogen-bond acceptors (Lipinski definition) is 4. The second-order valence-corrected chi connectivity index (χ2v) is 3.52.